The average molecular weight is 199 g/mol. The summed E-state index contributed by atoms with van der Waals surface area (Å²) in [6, 6.07) is 10.3. The number of aromatic nitrogens is 2. The smallest absolute Gasteiger partial charge is 0.220 e. The first-order valence-electron chi connectivity index (χ1n) is 4.87. The lowest BCUT2D eigenvalue weighted by Gasteiger charge is -2.02. The highest BCUT2D eigenvalue weighted by molar-refractivity contribution is 5.27. The van der Waals surface area contributed by atoms with E-state index in [0.29, 0.717) is 5.95 Å². The molecular weight excluding hydrogens is 186 g/mol. The predicted molar refractivity (Wildman–Crippen MR) is 60.4 cm³/mol. The summed E-state index contributed by atoms with van der Waals surface area (Å²) in [6.45, 7) is 2.08. The summed E-state index contributed by atoms with van der Waals surface area (Å²) in [5, 5.41) is 0. The molecule has 0 spiro atoms. The number of nitrogen functional groups attached to an aromatic ring is 1. The molecule has 0 saturated heterocycles. The summed E-state index contributed by atoms with van der Waals surface area (Å²) in [5.74, 6) is 0.333. The maximum absolute atomic E-state index is 5.51. The van der Waals surface area contributed by atoms with Gasteiger partial charge >= 0.3 is 0 Å². The van der Waals surface area contributed by atoms with Gasteiger partial charge in [0.2, 0.25) is 5.95 Å². The lowest BCUT2D eigenvalue weighted by atomic mass is 10.1. The Kier molecular flexibility index (Phi) is 2.63. The van der Waals surface area contributed by atoms with Crippen molar-refractivity contribution in [2.45, 2.75) is 13.3 Å². The van der Waals surface area contributed by atoms with Crippen molar-refractivity contribution in [1.29, 1.82) is 0 Å². The summed E-state index contributed by atoms with van der Waals surface area (Å²) >= 11 is 0. The number of nitrogens with zero attached hydrogens (tertiary/aromatic N) is 2. The van der Waals surface area contributed by atoms with E-state index in [0.717, 1.165) is 12.1 Å². The van der Waals surface area contributed by atoms with Gasteiger partial charge in [0.05, 0.1) is 5.69 Å². The molecule has 1 heterocycles. The molecule has 0 fully saturated rings. The molecule has 1 aromatic carbocycles. The molecule has 0 aliphatic carbocycles. The van der Waals surface area contributed by atoms with E-state index >= 15 is 0 Å². The number of aryl methyl sites for hydroxylation is 1. The molecule has 0 saturated carbocycles. The first kappa shape index (κ1) is 9.65. The zero-order chi connectivity index (χ0) is 10.7. The number of hydrogen-bond acceptors (Lipinski definition) is 3. The largest absolute Gasteiger partial charge is 0.368 e. The first-order chi connectivity index (χ1) is 7.24. The Morgan fingerprint density at radius 1 is 1.13 bits per heavy atom. The Morgan fingerprint density at radius 3 is 2.53 bits per heavy atom. The van der Waals surface area contributed by atoms with Crippen LogP contribution < -0.4 is 5.73 Å². The predicted octanol–water partition coefficient (Wildman–Crippen LogP) is 1.96. The minimum Gasteiger partial charge on any atom is -0.368 e. The maximum Gasteiger partial charge on any atom is 0.220 e. The van der Waals surface area contributed by atoms with E-state index in [1.807, 2.05) is 6.07 Å². The van der Waals surface area contributed by atoms with Crippen LogP contribution in [0.1, 0.15) is 16.8 Å². The van der Waals surface area contributed by atoms with Crippen molar-refractivity contribution < 1.29 is 0 Å². The highest BCUT2D eigenvalue weighted by Gasteiger charge is 1.98. The van der Waals surface area contributed by atoms with Gasteiger partial charge in [-0.05, 0) is 18.6 Å². The number of hydrogen-bond donors (Lipinski definition) is 1. The summed E-state index contributed by atoms with van der Waals surface area (Å²) in [6.07, 6.45) is 2.48. The molecule has 0 atom stereocenters. The van der Waals surface area contributed by atoms with Crippen LogP contribution in [0.4, 0.5) is 5.95 Å². The molecule has 15 heavy (non-hydrogen) atoms. The molecule has 2 N–H and O–H groups in total. The monoisotopic (exact) mass is 199 g/mol. The molecule has 0 bridgehead atoms. The fourth-order valence-electron chi connectivity index (χ4n) is 1.43. The zero-order valence-electron chi connectivity index (χ0n) is 8.64. The number of nitrogens with two attached hydrogens (primary N) is 1. The Labute approximate surface area is 89.0 Å². The lowest BCUT2D eigenvalue weighted by molar-refractivity contribution is 1.04. The number of rotatable bonds is 2. The second-order valence-electron chi connectivity index (χ2n) is 3.57. The van der Waals surface area contributed by atoms with Crippen LogP contribution in [0, 0.1) is 6.92 Å². The topological polar surface area (TPSA) is 51.8 Å². The van der Waals surface area contributed by atoms with E-state index in [1.165, 1.54) is 11.1 Å². The van der Waals surface area contributed by atoms with Crippen molar-refractivity contribution in [3.05, 3.63) is 53.3 Å². The first-order valence-corrected chi connectivity index (χ1v) is 4.87. The third-order valence-corrected chi connectivity index (χ3v) is 2.24. The maximum atomic E-state index is 5.51. The van der Waals surface area contributed by atoms with Gasteiger partial charge < -0.3 is 5.73 Å². The van der Waals surface area contributed by atoms with Gasteiger partial charge in [0, 0.05) is 12.6 Å². The third-order valence-electron chi connectivity index (χ3n) is 2.24. The van der Waals surface area contributed by atoms with E-state index in [1.54, 1.807) is 6.20 Å². The van der Waals surface area contributed by atoms with Gasteiger partial charge in [-0.15, -0.1) is 0 Å². The van der Waals surface area contributed by atoms with Crippen LogP contribution in [-0.2, 0) is 6.42 Å². The molecule has 3 nitrogen and oxygen atoms in total. The number of anilines is 1. The molecule has 0 unspecified atom stereocenters. The molecule has 0 aliphatic heterocycles. The summed E-state index contributed by atoms with van der Waals surface area (Å²) in [4.78, 5) is 8.02. The van der Waals surface area contributed by atoms with Gasteiger partial charge in [0.25, 0.3) is 0 Å². The Balaban J connectivity index is 2.18. The van der Waals surface area contributed by atoms with E-state index in [4.69, 9.17) is 5.73 Å². The molecular formula is C12H13N3. The van der Waals surface area contributed by atoms with E-state index in [9.17, 15) is 0 Å². The van der Waals surface area contributed by atoms with Crippen molar-refractivity contribution >= 4 is 5.95 Å². The normalized spacial score (nSPS) is 10.2. The van der Waals surface area contributed by atoms with Gasteiger partial charge in [-0.25, -0.2) is 9.97 Å². The zero-order valence-corrected chi connectivity index (χ0v) is 8.64. The molecule has 3 heteroatoms. The summed E-state index contributed by atoms with van der Waals surface area (Å²) in [5.41, 5.74) is 8.96. The van der Waals surface area contributed by atoms with Crippen LogP contribution in [0.15, 0.2) is 36.5 Å². The van der Waals surface area contributed by atoms with Gasteiger partial charge in [-0.2, -0.15) is 0 Å². The van der Waals surface area contributed by atoms with Crippen LogP contribution in [0.25, 0.3) is 0 Å². The van der Waals surface area contributed by atoms with Gasteiger partial charge in [0.15, 0.2) is 0 Å². The molecule has 2 aromatic rings. The van der Waals surface area contributed by atoms with Crippen LogP contribution in [0.3, 0.4) is 0 Å². The third kappa shape index (κ3) is 2.53. The fourth-order valence-corrected chi connectivity index (χ4v) is 1.43. The molecule has 0 aliphatic rings. The minimum atomic E-state index is 0.333. The van der Waals surface area contributed by atoms with Gasteiger partial charge in [-0.1, -0.05) is 29.8 Å². The van der Waals surface area contributed by atoms with E-state index in [2.05, 4.69) is 41.2 Å². The highest BCUT2D eigenvalue weighted by Crippen LogP contribution is 2.08. The Bertz CT molecular complexity index is 449. The van der Waals surface area contributed by atoms with Gasteiger partial charge in [-0.3, -0.25) is 0 Å². The molecule has 1 aromatic heterocycles. The van der Waals surface area contributed by atoms with Crippen molar-refractivity contribution in [1.82, 2.24) is 9.97 Å². The quantitative estimate of drug-likeness (QED) is 0.804. The van der Waals surface area contributed by atoms with Crippen LogP contribution in [0.5, 0.6) is 0 Å². The summed E-state index contributed by atoms with van der Waals surface area (Å²) in [7, 11) is 0. The van der Waals surface area contributed by atoms with Crippen LogP contribution >= 0.6 is 0 Å². The van der Waals surface area contributed by atoms with Crippen LogP contribution in [-0.4, -0.2) is 9.97 Å². The van der Waals surface area contributed by atoms with Gasteiger partial charge in [0.1, 0.15) is 0 Å². The second-order valence-corrected chi connectivity index (χ2v) is 3.57. The van der Waals surface area contributed by atoms with Crippen molar-refractivity contribution in [2.24, 2.45) is 0 Å². The van der Waals surface area contributed by atoms with Crippen molar-refractivity contribution in [2.75, 3.05) is 5.73 Å². The Morgan fingerprint density at radius 2 is 1.87 bits per heavy atom. The van der Waals surface area contributed by atoms with Crippen molar-refractivity contribution in [3.63, 3.8) is 0 Å². The second kappa shape index (κ2) is 4.09. The SMILES string of the molecule is Cc1ccc(Cc2ccnc(N)n2)cc1. The highest BCUT2D eigenvalue weighted by atomic mass is 15.0. The van der Waals surface area contributed by atoms with E-state index in [-0.39, 0.29) is 0 Å². The minimum absolute atomic E-state index is 0.333. The lowest BCUT2D eigenvalue weighted by Crippen LogP contribution is -1.98. The van der Waals surface area contributed by atoms with Crippen molar-refractivity contribution in [3.8, 4) is 0 Å². The fraction of sp³-hybridized carbons (Fsp3) is 0.167. The molecule has 0 radical (unpaired) electrons. The Hall–Kier alpha value is -1.90. The summed E-state index contributed by atoms with van der Waals surface area (Å²) < 4.78 is 0. The molecule has 0 amide bonds. The number of benzene rings is 1. The van der Waals surface area contributed by atoms with Crippen LogP contribution in [0.2, 0.25) is 0 Å². The average Bonchev–Trinajstić information content (AvgIpc) is 2.22. The standard InChI is InChI=1S/C12H13N3/c1-9-2-4-10(5-3-9)8-11-6-7-14-12(13)15-11/h2-7H,8H2,1H3,(H2,13,14,15). The molecule has 76 valence electrons. The molecule has 2 rings (SSSR count). The van der Waals surface area contributed by atoms with E-state index < -0.39 is 0 Å².